The quantitative estimate of drug-likeness (QED) is 0.373. The number of rotatable bonds is 6. The summed E-state index contributed by atoms with van der Waals surface area (Å²) in [5.41, 5.74) is 3.84. The standard InChI is InChI=1S/C18H21NO2/c1-14-10-11-18(17(13-14)15(2)19-20)21-12-6-9-16-7-4-3-5-8-16/h3-5,7-8,10-11,13,20H,6,9,12H2,1-2H3/b19-15+. The van der Waals surface area contributed by atoms with Gasteiger partial charge in [-0.05, 0) is 44.4 Å². The molecule has 0 bridgehead atoms. The summed E-state index contributed by atoms with van der Waals surface area (Å²) in [6.07, 6.45) is 1.95. The summed E-state index contributed by atoms with van der Waals surface area (Å²) in [5.74, 6) is 0.768. The van der Waals surface area contributed by atoms with Gasteiger partial charge < -0.3 is 9.94 Å². The number of hydrogen-bond donors (Lipinski definition) is 1. The number of nitrogens with zero attached hydrogens (tertiary/aromatic N) is 1. The molecule has 0 unspecified atom stereocenters. The predicted octanol–water partition coefficient (Wildman–Crippen LogP) is 4.20. The van der Waals surface area contributed by atoms with E-state index in [4.69, 9.17) is 9.94 Å². The molecule has 3 heteroatoms. The summed E-state index contributed by atoms with van der Waals surface area (Å²) >= 11 is 0. The molecule has 0 heterocycles. The molecule has 0 aliphatic rings. The van der Waals surface area contributed by atoms with Gasteiger partial charge in [-0.3, -0.25) is 0 Å². The highest BCUT2D eigenvalue weighted by Gasteiger charge is 2.07. The summed E-state index contributed by atoms with van der Waals surface area (Å²) in [5, 5.41) is 12.2. The van der Waals surface area contributed by atoms with Gasteiger partial charge in [-0.2, -0.15) is 0 Å². The van der Waals surface area contributed by atoms with Gasteiger partial charge in [-0.15, -0.1) is 0 Å². The second-order valence-electron chi connectivity index (χ2n) is 5.12. The fourth-order valence-electron chi connectivity index (χ4n) is 2.21. The van der Waals surface area contributed by atoms with Gasteiger partial charge in [-0.1, -0.05) is 47.1 Å². The lowest BCUT2D eigenvalue weighted by molar-refractivity contribution is 0.307. The predicted molar refractivity (Wildman–Crippen MR) is 85.4 cm³/mol. The average Bonchev–Trinajstić information content (AvgIpc) is 2.53. The summed E-state index contributed by atoms with van der Waals surface area (Å²) in [6, 6.07) is 16.3. The highest BCUT2D eigenvalue weighted by atomic mass is 16.5. The van der Waals surface area contributed by atoms with Crippen molar-refractivity contribution in [2.45, 2.75) is 26.7 Å². The highest BCUT2D eigenvalue weighted by molar-refractivity contribution is 6.00. The molecule has 0 atom stereocenters. The number of ether oxygens (including phenoxy) is 1. The molecule has 0 radical (unpaired) electrons. The lowest BCUT2D eigenvalue weighted by Crippen LogP contribution is -2.05. The van der Waals surface area contributed by atoms with Gasteiger partial charge in [-0.25, -0.2) is 0 Å². The Bertz CT molecular complexity index is 606. The zero-order valence-corrected chi connectivity index (χ0v) is 12.5. The first kappa shape index (κ1) is 15.1. The van der Waals surface area contributed by atoms with E-state index < -0.39 is 0 Å². The van der Waals surface area contributed by atoms with Crippen LogP contribution < -0.4 is 4.74 Å². The Hall–Kier alpha value is -2.29. The van der Waals surface area contributed by atoms with Crippen molar-refractivity contribution in [3.05, 3.63) is 65.2 Å². The molecular formula is C18H21NO2. The molecule has 0 spiro atoms. The number of oxime groups is 1. The summed E-state index contributed by atoms with van der Waals surface area (Å²) in [6.45, 7) is 4.42. The molecular weight excluding hydrogens is 262 g/mol. The Morgan fingerprint density at radius 1 is 1.14 bits per heavy atom. The van der Waals surface area contributed by atoms with Crippen LogP contribution in [0.25, 0.3) is 0 Å². The summed E-state index contributed by atoms with van der Waals surface area (Å²) < 4.78 is 5.84. The van der Waals surface area contributed by atoms with E-state index in [0.29, 0.717) is 12.3 Å². The zero-order valence-electron chi connectivity index (χ0n) is 12.5. The van der Waals surface area contributed by atoms with Crippen LogP contribution in [0.1, 0.15) is 30.0 Å². The fraction of sp³-hybridized carbons (Fsp3) is 0.278. The fourth-order valence-corrected chi connectivity index (χ4v) is 2.21. The molecule has 0 saturated heterocycles. The van der Waals surface area contributed by atoms with E-state index in [9.17, 15) is 0 Å². The van der Waals surface area contributed by atoms with Crippen molar-refractivity contribution in [2.24, 2.45) is 5.16 Å². The first-order valence-electron chi connectivity index (χ1n) is 7.17. The Morgan fingerprint density at radius 2 is 1.90 bits per heavy atom. The van der Waals surface area contributed by atoms with Crippen LogP contribution in [0, 0.1) is 6.92 Å². The monoisotopic (exact) mass is 283 g/mol. The molecule has 0 amide bonds. The molecule has 0 aromatic heterocycles. The van der Waals surface area contributed by atoms with Crippen molar-refractivity contribution < 1.29 is 9.94 Å². The van der Waals surface area contributed by atoms with Crippen molar-refractivity contribution in [3.63, 3.8) is 0 Å². The third kappa shape index (κ3) is 4.35. The SMILES string of the molecule is C/C(=N\O)c1cc(C)ccc1OCCCc1ccccc1. The van der Waals surface area contributed by atoms with E-state index in [2.05, 4.69) is 29.4 Å². The highest BCUT2D eigenvalue weighted by Crippen LogP contribution is 2.21. The minimum Gasteiger partial charge on any atom is -0.493 e. The zero-order chi connectivity index (χ0) is 15.1. The second kappa shape index (κ2) is 7.48. The van der Waals surface area contributed by atoms with Crippen molar-refractivity contribution in [1.29, 1.82) is 0 Å². The second-order valence-corrected chi connectivity index (χ2v) is 5.12. The molecule has 0 aliphatic heterocycles. The maximum Gasteiger partial charge on any atom is 0.128 e. The van der Waals surface area contributed by atoms with E-state index in [1.807, 2.05) is 31.2 Å². The third-order valence-corrected chi connectivity index (χ3v) is 3.39. The van der Waals surface area contributed by atoms with Gasteiger partial charge in [0.2, 0.25) is 0 Å². The van der Waals surface area contributed by atoms with Crippen LogP contribution in [0.4, 0.5) is 0 Å². The smallest absolute Gasteiger partial charge is 0.128 e. The van der Waals surface area contributed by atoms with Gasteiger partial charge >= 0.3 is 0 Å². The van der Waals surface area contributed by atoms with Gasteiger partial charge in [0, 0.05) is 5.56 Å². The summed E-state index contributed by atoms with van der Waals surface area (Å²) in [4.78, 5) is 0. The van der Waals surface area contributed by atoms with Crippen LogP contribution >= 0.6 is 0 Å². The molecule has 110 valence electrons. The Balaban J connectivity index is 1.94. The van der Waals surface area contributed by atoms with E-state index >= 15 is 0 Å². The van der Waals surface area contributed by atoms with E-state index in [-0.39, 0.29) is 0 Å². The third-order valence-electron chi connectivity index (χ3n) is 3.39. The average molecular weight is 283 g/mol. The van der Waals surface area contributed by atoms with Gasteiger partial charge in [0.25, 0.3) is 0 Å². The van der Waals surface area contributed by atoms with Crippen LogP contribution in [-0.2, 0) is 6.42 Å². The normalized spacial score (nSPS) is 11.4. The lowest BCUT2D eigenvalue weighted by atomic mass is 10.1. The largest absolute Gasteiger partial charge is 0.493 e. The van der Waals surface area contributed by atoms with E-state index in [1.165, 1.54) is 5.56 Å². The van der Waals surface area contributed by atoms with Crippen molar-refractivity contribution in [1.82, 2.24) is 0 Å². The van der Waals surface area contributed by atoms with Crippen LogP contribution in [0.3, 0.4) is 0 Å². The molecule has 0 aliphatic carbocycles. The van der Waals surface area contributed by atoms with Crippen molar-refractivity contribution in [3.8, 4) is 5.75 Å². The first-order valence-corrected chi connectivity index (χ1v) is 7.17. The summed E-state index contributed by atoms with van der Waals surface area (Å²) in [7, 11) is 0. The van der Waals surface area contributed by atoms with Crippen LogP contribution in [0.15, 0.2) is 53.7 Å². The number of hydrogen-bond acceptors (Lipinski definition) is 3. The molecule has 0 saturated carbocycles. The topological polar surface area (TPSA) is 41.8 Å². The number of aryl methyl sites for hydroxylation is 2. The Labute approximate surface area is 125 Å². The van der Waals surface area contributed by atoms with Gasteiger partial charge in [0.05, 0.1) is 12.3 Å². The van der Waals surface area contributed by atoms with Gasteiger partial charge in [0.1, 0.15) is 5.75 Å². The molecule has 2 aromatic carbocycles. The maximum absolute atomic E-state index is 8.96. The minimum absolute atomic E-state index is 0.566. The molecule has 2 aromatic rings. The lowest BCUT2D eigenvalue weighted by Gasteiger charge is -2.11. The van der Waals surface area contributed by atoms with Crippen molar-refractivity contribution >= 4 is 5.71 Å². The van der Waals surface area contributed by atoms with Crippen molar-refractivity contribution in [2.75, 3.05) is 6.61 Å². The Morgan fingerprint density at radius 3 is 2.62 bits per heavy atom. The Kier molecular flexibility index (Phi) is 5.38. The van der Waals surface area contributed by atoms with Gasteiger partial charge in [0.15, 0.2) is 0 Å². The molecule has 0 fully saturated rings. The first-order chi connectivity index (χ1) is 10.2. The molecule has 21 heavy (non-hydrogen) atoms. The van der Waals surface area contributed by atoms with Crippen LogP contribution in [0.5, 0.6) is 5.75 Å². The molecule has 1 N–H and O–H groups in total. The molecule has 2 rings (SSSR count). The molecule has 3 nitrogen and oxygen atoms in total. The van der Waals surface area contributed by atoms with E-state index in [0.717, 1.165) is 29.7 Å². The minimum atomic E-state index is 0.566. The number of benzene rings is 2. The van der Waals surface area contributed by atoms with E-state index in [1.54, 1.807) is 6.92 Å². The van der Waals surface area contributed by atoms with Crippen LogP contribution in [-0.4, -0.2) is 17.5 Å². The maximum atomic E-state index is 8.96. The van der Waals surface area contributed by atoms with Crippen LogP contribution in [0.2, 0.25) is 0 Å².